The van der Waals surface area contributed by atoms with Gasteiger partial charge in [-0.05, 0) is 41.8 Å². The SMILES string of the molecule is CN(CCc1ccncc1)c1c(F)cc(CBr)cc1F. The van der Waals surface area contributed by atoms with E-state index >= 15 is 0 Å². The van der Waals surface area contributed by atoms with Crippen LogP contribution in [0.3, 0.4) is 0 Å². The van der Waals surface area contributed by atoms with Crippen molar-refractivity contribution >= 4 is 21.6 Å². The summed E-state index contributed by atoms with van der Waals surface area (Å²) >= 11 is 3.20. The van der Waals surface area contributed by atoms with E-state index in [-0.39, 0.29) is 5.69 Å². The summed E-state index contributed by atoms with van der Waals surface area (Å²) in [7, 11) is 1.69. The molecule has 0 fully saturated rings. The lowest BCUT2D eigenvalue weighted by Gasteiger charge is -2.21. The number of halogens is 3. The Hall–Kier alpha value is -1.49. The maximum atomic E-state index is 14.0. The second-order valence-corrected chi connectivity index (χ2v) is 5.13. The van der Waals surface area contributed by atoms with E-state index < -0.39 is 11.6 Å². The fourth-order valence-electron chi connectivity index (χ4n) is 2.02. The zero-order chi connectivity index (χ0) is 14.5. The van der Waals surface area contributed by atoms with Crippen molar-refractivity contribution in [2.45, 2.75) is 11.8 Å². The monoisotopic (exact) mass is 340 g/mol. The van der Waals surface area contributed by atoms with Crippen LogP contribution in [0.2, 0.25) is 0 Å². The number of rotatable bonds is 5. The molecule has 0 aliphatic rings. The molecule has 0 saturated heterocycles. The highest BCUT2D eigenvalue weighted by Gasteiger charge is 2.15. The number of nitrogens with zero attached hydrogens (tertiary/aromatic N) is 2. The molecule has 1 aromatic heterocycles. The van der Waals surface area contributed by atoms with Gasteiger partial charge in [0.1, 0.15) is 17.3 Å². The van der Waals surface area contributed by atoms with Crippen LogP contribution in [0.1, 0.15) is 11.1 Å². The van der Waals surface area contributed by atoms with E-state index in [0.717, 1.165) is 5.56 Å². The number of aromatic nitrogens is 1. The third-order valence-electron chi connectivity index (χ3n) is 3.10. The highest BCUT2D eigenvalue weighted by molar-refractivity contribution is 9.08. The average Bonchev–Trinajstić information content (AvgIpc) is 2.45. The Morgan fingerprint density at radius 2 is 1.70 bits per heavy atom. The number of hydrogen-bond donors (Lipinski definition) is 0. The van der Waals surface area contributed by atoms with Gasteiger partial charge in [0.05, 0.1) is 0 Å². The van der Waals surface area contributed by atoms with E-state index in [1.807, 2.05) is 12.1 Å². The summed E-state index contributed by atoms with van der Waals surface area (Å²) in [6.45, 7) is 0.533. The van der Waals surface area contributed by atoms with E-state index in [4.69, 9.17) is 0 Å². The lowest BCUT2D eigenvalue weighted by Crippen LogP contribution is -2.22. The van der Waals surface area contributed by atoms with Crippen LogP contribution in [0, 0.1) is 11.6 Å². The third-order valence-corrected chi connectivity index (χ3v) is 3.75. The summed E-state index contributed by atoms with van der Waals surface area (Å²) in [5.74, 6) is -1.06. The molecule has 0 bridgehead atoms. The molecule has 2 nitrogen and oxygen atoms in total. The number of alkyl halides is 1. The van der Waals surface area contributed by atoms with Gasteiger partial charge in [-0.2, -0.15) is 0 Å². The van der Waals surface area contributed by atoms with Crippen LogP contribution in [-0.2, 0) is 11.8 Å². The van der Waals surface area contributed by atoms with Gasteiger partial charge in [-0.15, -0.1) is 0 Å². The zero-order valence-corrected chi connectivity index (χ0v) is 12.7. The largest absolute Gasteiger partial charge is 0.370 e. The summed E-state index contributed by atoms with van der Waals surface area (Å²) in [5, 5.41) is 0.432. The number of likely N-dealkylation sites (N-methyl/N-ethyl adjacent to an activating group) is 1. The van der Waals surface area contributed by atoms with Gasteiger partial charge >= 0.3 is 0 Å². The number of anilines is 1. The Kier molecular flexibility index (Phi) is 5.06. The molecule has 1 aromatic carbocycles. The molecule has 0 unspecified atom stereocenters. The fraction of sp³-hybridized carbons (Fsp3) is 0.267. The molecule has 0 spiro atoms. The molecule has 5 heteroatoms. The van der Waals surface area contributed by atoms with Crippen molar-refractivity contribution in [1.82, 2.24) is 4.98 Å². The first kappa shape index (κ1) is 14.9. The fourth-order valence-corrected chi connectivity index (χ4v) is 2.34. The molecular formula is C15H15BrF2N2. The molecule has 1 heterocycles. The Morgan fingerprint density at radius 1 is 1.10 bits per heavy atom. The number of benzene rings is 1. The summed E-state index contributed by atoms with van der Waals surface area (Å²) in [6.07, 6.45) is 4.13. The zero-order valence-electron chi connectivity index (χ0n) is 11.1. The summed E-state index contributed by atoms with van der Waals surface area (Å²) in [5.41, 5.74) is 1.69. The smallest absolute Gasteiger partial charge is 0.149 e. The van der Waals surface area contributed by atoms with E-state index in [1.165, 1.54) is 12.1 Å². The molecule has 2 rings (SSSR count). The Bertz CT molecular complexity index is 552. The molecule has 106 valence electrons. The van der Waals surface area contributed by atoms with Gasteiger partial charge in [-0.25, -0.2) is 8.78 Å². The molecule has 2 aromatic rings. The van der Waals surface area contributed by atoms with Crippen molar-refractivity contribution in [3.63, 3.8) is 0 Å². The molecule has 0 aliphatic heterocycles. The van der Waals surface area contributed by atoms with Gasteiger partial charge in [0, 0.05) is 31.3 Å². The van der Waals surface area contributed by atoms with Crippen LogP contribution in [0.4, 0.5) is 14.5 Å². The van der Waals surface area contributed by atoms with Crippen LogP contribution in [0.5, 0.6) is 0 Å². The maximum absolute atomic E-state index is 14.0. The van der Waals surface area contributed by atoms with Gasteiger partial charge in [0.2, 0.25) is 0 Å². The molecule has 0 N–H and O–H groups in total. The predicted molar refractivity (Wildman–Crippen MR) is 80.2 cm³/mol. The van der Waals surface area contributed by atoms with Gasteiger partial charge in [0.25, 0.3) is 0 Å². The lowest BCUT2D eigenvalue weighted by molar-refractivity contribution is 0.575. The first-order valence-electron chi connectivity index (χ1n) is 6.25. The highest BCUT2D eigenvalue weighted by Crippen LogP contribution is 2.25. The number of pyridine rings is 1. The van der Waals surface area contributed by atoms with Gasteiger partial charge in [0.15, 0.2) is 0 Å². The van der Waals surface area contributed by atoms with Crippen molar-refractivity contribution in [3.8, 4) is 0 Å². The molecule has 0 aliphatic carbocycles. The Balaban J connectivity index is 2.11. The van der Waals surface area contributed by atoms with Crippen LogP contribution >= 0.6 is 15.9 Å². The second kappa shape index (κ2) is 6.79. The van der Waals surface area contributed by atoms with Crippen LogP contribution in [0.25, 0.3) is 0 Å². The summed E-state index contributed by atoms with van der Waals surface area (Å²) < 4.78 is 27.9. The minimum absolute atomic E-state index is 0.0174. The molecule has 20 heavy (non-hydrogen) atoms. The highest BCUT2D eigenvalue weighted by atomic mass is 79.9. The van der Waals surface area contributed by atoms with Crippen LogP contribution in [0.15, 0.2) is 36.7 Å². The second-order valence-electron chi connectivity index (χ2n) is 4.57. The molecule has 0 radical (unpaired) electrons. The standard InChI is InChI=1S/C15H15BrF2N2/c1-20(7-4-11-2-5-19-6-3-11)15-13(17)8-12(10-16)9-14(15)18/h2-3,5-6,8-9H,4,7,10H2,1H3. The van der Waals surface area contributed by atoms with Crippen molar-refractivity contribution < 1.29 is 8.78 Å². The Morgan fingerprint density at radius 3 is 2.25 bits per heavy atom. The van der Waals surface area contributed by atoms with Crippen molar-refractivity contribution in [3.05, 3.63) is 59.4 Å². The van der Waals surface area contributed by atoms with Gasteiger partial charge in [-0.1, -0.05) is 15.9 Å². The van der Waals surface area contributed by atoms with Gasteiger partial charge in [-0.3, -0.25) is 4.98 Å². The minimum atomic E-state index is -0.531. The van der Waals surface area contributed by atoms with E-state index in [2.05, 4.69) is 20.9 Å². The Labute approximate surface area is 125 Å². The topological polar surface area (TPSA) is 16.1 Å². The lowest BCUT2D eigenvalue weighted by atomic mass is 10.1. The minimum Gasteiger partial charge on any atom is -0.370 e. The molecule has 0 atom stereocenters. The van der Waals surface area contributed by atoms with Crippen molar-refractivity contribution in [2.24, 2.45) is 0 Å². The first-order valence-corrected chi connectivity index (χ1v) is 7.38. The third kappa shape index (κ3) is 3.54. The van der Waals surface area contributed by atoms with Crippen LogP contribution < -0.4 is 4.90 Å². The normalized spacial score (nSPS) is 10.6. The quantitative estimate of drug-likeness (QED) is 0.766. The summed E-state index contributed by atoms with van der Waals surface area (Å²) in [6, 6.07) is 6.51. The van der Waals surface area contributed by atoms with E-state index in [9.17, 15) is 8.78 Å². The van der Waals surface area contributed by atoms with Crippen LogP contribution in [-0.4, -0.2) is 18.6 Å². The van der Waals surface area contributed by atoms with Crippen molar-refractivity contribution in [2.75, 3.05) is 18.5 Å². The maximum Gasteiger partial charge on any atom is 0.149 e. The van der Waals surface area contributed by atoms with Gasteiger partial charge < -0.3 is 4.90 Å². The molecular weight excluding hydrogens is 326 g/mol. The summed E-state index contributed by atoms with van der Waals surface area (Å²) in [4.78, 5) is 5.54. The molecule has 0 amide bonds. The number of hydrogen-bond acceptors (Lipinski definition) is 2. The van der Waals surface area contributed by atoms with E-state index in [0.29, 0.717) is 23.9 Å². The van der Waals surface area contributed by atoms with Crippen molar-refractivity contribution in [1.29, 1.82) is 0 Å². The molecule has 0 saturated carbocycles. The average molecular weight is 341 g/mol. The predicted octanol–water partition coefficient (Wildman–Crippen LogP) is 3.93. The first-order chi connectivity index (χ1) is 9.61. The van der Waals surface area contributed by atoms with E-state index in [1.54, 1.807) is 24.3 Å².